The fraction of sp³-hybridized carbons (Fsp3) is 0.472. The van der Waals surface area contributed by atoms with E-state index in [0.717, 1.165) is 47.8 Å². The van der Waals surface area contributed by atoms with Crippen molar-refractivity contribution in [2.45, 2.75) is 70.2 Å². The Morgan fingerprint density at radius 1 is 0.927 bits per heavy atom. The maximum absolute atomic E-state index is 13.9. The van der Waals surface area contributed by atoms with Gasteiger partial charge in [-0.25, -0.2) is 0 Å². The first-order chi connectivity index (χ1) is 20.0. The molecule has 1 saturated carbocycles. The summed E-state index contributed by atoms with van der Waals surface area (Å²) >= 11 is 0. The maximum Gasteiger partial charge on any atom is 0.180 e. The summed E-state index contributed by atoms with van der Waals surface area (Å²) in [6.45, 7) is 8.93. The van der Waals surface area contributed by atoms with Gasteiger partial charge in [0.1, 0.15) is 0 Å². The van der Waals surface area contributed by atoms with Crippen LogP contribution in [0.3, 0.4) is 0 Å². The standard InChI is InChI=1S/C36H44N2O3/c1-26-34-35(39)32-17-16-30(20-33(32)36(26,2)18-19-38(34)21-27-14-9-15-27)37-31(24-40-22-28-10-5-3-6-11-28)25-41-23-29-12-7-4-8-13-29/h3-8,10-13,16-17,20,26-27,31,34,37H,9,14-15,18-19,21-25H2,1-2H3. The van der Waals surface area contributed by atoms with Gasteiger partial charge < -0.3 is 14.8 Å². The van der Waals surface area contributed by atoms with Crippen molar-refractivity contribution < 1.29 is 14.3 Å². The van der Waals surface area contributed by atoms with Gasteiger partial charge in [0.25, 0.3) is 0 Å². The molecular weight excluding hydrogens is 508 g/mol. The van der Waals surface area contributed by atoms with Crippen LogP contribution in [0.1, 0.15) is 66.6 Å². The van der Waals surface area contributed by atoms with E-state index in [2.05, 4.69) is 66.5 Å². The van der Waals surface area contributed by atoms with Crippen molar-refractivity contribution in [3.63, 3.8) is 0 Å². The summed E-state index contributed by atoms with van der Waals surface area (Å²) in [4.78, 5) is 16.4. The quantitative estimate of drug-likeness (QED) is 0.266. The maximum atomic E-state index is 13.9. The van der Waals surface area contributed by atoms with Gasteiger partial charge in [0, 0.05) is 17.8 Å². The number of ketones is 1. The fourth-order valence-corrected chi connectivity index (χ4v) is 7.03. The summed E-state index contributed by atoms with van der Waals surface area (Å²) < 4.78 is 12.3. The highest BCUT2D eigenvalue weighted by Gasteiger charge is 2.52. The number of Topliss-reactive ketones (excluding diaryl/α,β-unsaturated/α-hetero) is 1. The van der Waals surface area contributed by atoms with E-state index in [1.54, 1.807) is 0 Å². The van der Waals surface area contributed by atoms with E-state index in [1.165, 1.54) is 24.8 Å². The van der Waals surface area contributed by atoms with E-state index in [9.17, 15) is 4.79 Å². The molecule has 1 saturated heterocycles. The van der Waals surface area contributed by atoms with E-state index in [-0.39, 0.29) is 17.5 Å². The van der Waals surface area contributed by atoms with E-state index in [0.29, 0.717) is 38.1 Å². The molecule has 3 aliphatic rings. The van der Waals surface area contributed by atoms with E-state index in [4.69, 9.17) is 9.47 Å². The van der Waals surface area contributed by atoms with Gasteiger partial charge in [0.05, 0.1) is 38.5 Å². The monoisotopic (exact) mass is 552 g/mol. The largest absolute Gasteiger partial charge is 0.378 e. The number of hydrogen-bond acceptors (Lipinski definition) is 5. The number of nitrogens with zero attached hydrogens (tertiary/aromatic N) is 1. The summed E-state index contributed by atoms with van der Waals surface area (Å²) in [5.41, 5.74) is 5.44. The van der Waals surface area contributed by atoms with Gasteiger partial charge in [-0.1, -0.05) is 80.9 Å². The first kappa shape index (κ1) is 28.1. The zero-order valence-electron chi connectivity index (χ0n) is 24.6. The van der Waals surface area contributed by atoms with E-state index < -0.39 is 0 Å². The predicted molar refractivity (Wildman–Crippen MR) is 164 cm³/mol. The third-order valence-electron chi connectivity index (χ3n) is 9.91. The van der Waals surface area contributed by atoms with Crippen molar-refractivity contribution in [1.82, 2.24) is 4.90 Å². The lowest BCUT2D eigenvalue weighted by atomic mass is 9.58. The van der Waals surface area contributed by atoms with Crippen molar-refractivity contribution in [2.24, 2.45) is 11.8 Å². The van der Waals surface area contributed by atoms with Crippen LogP contribution in [0.15, 0.2) is 78.9 Å². The average molecular weight is 553 g/mol. The smallest absolute Gasteiger partial charge is 0.180 e. The SMILES string of the molecule is CC1C2C(=O)c3ccc(NC(COCc4ccccc4)COCc4ccccc4)cc3C1(C)CCN2CC1CCC1. The molecule has 216 valence electrons. The zero-order chi connectivity index (χ0) is 28.2. The summed E-state index contributed by atoms with van der Waals surface area (Å²) in [6, 6.07) is 26.9. The molecule has 3 atom stereocenters. The number of likely N-dealkylation sites (tertiary alicyclic amines) is 1. The van der Waals surface area contributed by atoms with Gasteiger partial charge in [0.2, 0.25) is 0 Å². The third kappa shape index (κ3) is 6.13. The van der Waals surface area contributed by atoms with Crippen molar-refractivity contribution in [3.8, 4) is 0 Å². The van der Waals surface area contributed by atoms with Crippen LogP contribution in [0.4, 0.5) is 5.69 Å². The molecule has 1 aliphatic heterocycles. The number of fused-ring (bicyclic) bond motifs is 4. The third-order valence-corrected chi connectivity index (χ3v) is 9.91. The van der Waals surface area contributed by atoms with Crippen LogP contribution in [0.2, 0.25) is 0 Å². The molecule has 1 N–H and O–H groups in total. The highest BCUT2D eigenvalue weighted by Crippen LogP contribution is 2.49. The van der Waals surface area contributed by atoms with E-state index in [1.807, 2.05) is 36.4 Å². The lowest BCUT2D eigenvalue weighted by Gasteiger charge is -2.54. The molecule has 0 aromatic heterocycles. The summed E-state index contributed by atoms with van der Waals surface area (Å²) in [7, 11) is 0. The lowest BCUT2D eigenvalue weighted by molar-refractivity contribution is 0.0155. The van der Waals surface area contributed by atoms with E-state index >= 15 is 0 Å². The fourth-order valence-electron chi connectivity index (χ4n) is 7.03. The van der Waals surface area contributed by atoms with Crippen molar-refractivity contribution in [1.29, 1.82) is 0 Å². The molecule has 3 aromatic rings. The molecule has 41 heavy (non-hydrogen) atoms. The predicted octanol–water partition coefficient (Wildman–Crippen LogP) is 6.87. The van der Waals surface area contributed by atoms with Crippen LogP contribution in [-0.4, -0.2) is 49.1 Å². The molecule has 2 fully saturated rings. The Bertz CT molecular complexity index is 1260. The Morgan fingerprint density at radius 3 is 2.15 bits per heavy atom. The van der Waals surface area contributed by atoms with Gasteiger partial charge >= 0.3 is 0 Å². The molecule has 1 heterocycles. The van der Waals surface area contributed by atoms with Gasteiger partial charge in [-0.3, -0.25) is 9.69 Å². The van der Waals surface area contributed by atoms with Crippen LogP contribution in [0, 0.1) is 11.8 Å². The second-order valence-electron chi connectivity index (χ2n) is 12.7. The molecule has 6 rings (SSSR count). The molecule has 5 nitrogen and oxygen atoms in total. The Kier molecular flexibility index (Phi) is 8.57. The minimum Gasteiger partial charge on any atom is -0.378 e. The highest BCUT2D eigenvalue weighted by atomic mass is 16.5. The van der Waals surface area contributed by atoms with Gasteiger partial charge in [-0.05, 0) is 77.9 Å². The van der Waals surface area contributed by atoms with Crippen LogP contribution in [-0.2, 0) is 28.1 Å². The molecule has 5 heteroatoms. The van der Waals surface area contributed by atoms with Crippen LogP contribution in [0.25, 0.3) is 0 Å². The zero-order valence-corrected chi connectivity index (χ0v) is 24.6. The number of benzene rings is 3. The number of piperidine rings is 1. The molecular formula is C36H44N2O3. The number of nitrogens with one attached hydrogen (secondary N) is 1. The summed E-state index contributed by atoms with van der Waals surface area (Å²) in [6.07, 6.45) is 5.07. The Balaban J connectivity index is 1.17. The van der Waals surface area contributed by atoms with Gasteiger partial charge in [-0.2, -0.15) is 0 Å². The number of anilines is 1. The highest BCUT2D eigenvalue weighted by molar-refractivity contribution is 6.04. The number of carbonyl (C=O) groups is 1. The van der Waals surface area contributed by atoms with Crippen LogP contribution < -0.4 is 5.32 Å². The number of carbonyl (C=O) groups excluding carboxylic acids is 1. The molecule has 0 spiro atoms. The van der Waals surface area contributed by atoms with Crippen LogP contribution >= 0.6 is 0 Å². The Labute approximate surface area is 245 Å². The molecule has 3 unspecified atom stereocenters. The van der Waals surface area contributed by atoms with Gasteiger partial charge in [0.15, 0.2) is 5.78 Å². The summed E-state index contributed by atoms with van der Waals surface area (Å²) in [5, 5.41) is 3.70. The number of ether oxygens (including phenoxy) is 2. The number of rotatable bonds is 12. The minimum atomic E-state index is -0.0259. The Morgan fingerprint density at radius 2 is 1.56 bits per heavy atom. The number of hydrogen-bond donors (Lipinski definition) is 1. The van der Waals surface area contributed by atoms with Crippen molar-refractivity contribution in [2.75, 3.05) is 31.6 Å². The first-order valence-corrected chi connectivity index (χ1v) is 15.4. The average Bonchev–Trinajstić information content (AvgIpc) is 2.97. The second-order valence-corrected chi connectivity index (χ2v) is 12.7. The summed E-state index contributed by atoms with van der Waals surface area (Å²) in [5.74, 6) is 1.38. The minimum absolute atomic E-state index is 0.00572. The normalized spacial score (nSPS) is 24.2. The molecule has 0 amide bonds. The lowest BCUT2D eigenvalue weighted by Crippen LogP contribution is -2.61. The van der Waals surface area contributed by atoms with Gasteiger partial charge in [-0.15, -0.1) is 0 Å². The van der Waals surface area contributed by atoms with Crippen molar-refractivity contribution in [3.05, 3.63) is 101 Å². The van der Waals surface area contributed by atoms with Crippen molar-refractivity contribution >= 4 is 11.5 Å². The molecule has 3 aromatic carbocycles. The molecule has 2 bridgehead atoms. The first-order valence-electron chi connectivity index (χ1n) is 15.4. The molecule has 0 radical (unpaired) electrons. The second kappa shape index (κ2) is 12.5. The van der Waals surface area contributed by atoms with Crippen LogP contribution in [0.5, 0.6) is 0 Å². The molecule has 2 aliphatic carbocycles. The Hall–Kier alpha value is -2.99. The topological polar surface area (TPSA) is 50.8 Å².